The van der Waals surface area contributed by atoms with Gasteiger partial charge in [-0.1, -0.05) is 23.2 Å². The molecule has 1 aromatic carbocycles. The summed E-state index contributed by atoms with van der Waals surface area (Å²) in [5.74, 6) is -0.184. The van der Waals surface area contributed by atoms with Crippen LogP contribution in [0.3, 0.4) is 0 Å². The summed E-state index contributed by atoms with van der Waals surface area (Å²) in [6, 6.07) is 3.80. The Bertz CT molecular complexity index is 389. The highest BCUT2D eigenvalue weighted by atomic mass is 16.2. The lowest BCUT2D eigenvalue weighted by Crippen LogP contribution is -2.24. The van der Waals surface area contributed by atoms with Crippen molar-refractivity contribution >= 4 is 27.2 Å². The van der Waals surface area contributed by atoms with Crippen molar-refractivity contribution in [1.82, 2.24) is 4.81 Å². The minimum atomic E-state index is -0.184. The lowest BCUT2D eigenvalue weighted by atomic mass is 9.84. The van der Waals surface area contributed by atoms with Gasteiger partial charge < -0.3 is 4.81 Å². The van der Waals surface area contributed by atoms with E-state index in [1.807, 2.05) is 19.1 Å². The summed E-state index contributed by atoms with van der Waals surface area (Å²) in [6.45, 7) is 2.33. The molecule has 0 unspecified atom stereocenters. The van der Waals surface area contributed by atoms with Gasteiger partial charge in [-0.05, 0) is 12.5 Å². The number of rotatable bonds is 0. The molecule has 1 aromatic rings. The Kier molecular flexibility index (Phi) is 1.72. The Hall–Kier alpha value is -1.18. The molecule has 0 atom stereocenters. The first-order chi connectivity index (χ1) is 6.11. The van der Waals surface area contributed by atoms with Crippen LogP contribution in [-0.4, -0.2) is 26.5 Å². The van der Waals surface area contributed by atoms with Crippen LogP contribution in [0.5, 0.6) is 0 Å². The predicted octanol–water partition coefficient (Wildman–Crippen LogP) is -0.172. The predicted molar refractivity (Wildman–Crippen MR) is 52.2 cm³/mol. The second-order valence-electron chi connectivity index (χ2n) is 3.26. The van der Waals surface area contributed by atoms with Crippen LogP contribution in [0.2, 0.25) is 0 Å². The fourth-order valence-electron chi connectivity index (χ4n) is 1.55. The van der Waals surface area contributed by atoms with Crippen LogP contribution < -0.4 is 5.46 Å². The van der Waals surface area contributed by atoms with Crippen LogP contribution >= 0.6 is 0 Å². The molecular formula is C9H7B2NO. The number of hydrogen-bond donors (Lipinski definition) is 0. The van der Waals surface area contributed by atoms with Gasteiger partial charge in [0.2, 0.25) is 13.9 Å². The molecule has 4 radical (unpaired) electrons. The van der Waals surface area contributed by atoms with Crippen molar-refractivity contribution in [3.8, 4) is 0 Å². The van der Waals surface area contributed by atoms with E-state index >= 15 is 0 Å². The number of fused-ring (bicyclic) bond motifs is 1. The third kappa shape index (κ3) is 1.09. The average molecular weight is 167 g/mol. The Labute approximate surface area is 79.8 Å². The molecule has 2 nitrogen and oxygen atoms in total. The lowest BCUT2D eigenvalue weighted by Gasteiger charge is -2.07. The molecule has 0 aliphatic carbocycles. The van der Waals surface area contributed by atoms with E-state index in [0.717, 1.165) is 11.1 Å². The topological polar surface area (TPSA) is 20.3 Å². The molecule has 0 N–H and O–H groups in total. The number of carbonyl (C=O) groups excluding carboxylic acids is 1. The highest BCUT2D eigenvalue weighted by Gasteiger charge is 2.25. The molecule has 1 aliphatic rings. The molecule has 0 saturated heterocycles. The molecule has 0 saturated carbocycles. The Morgan fingerprint density at radius 1 is 1.46 bits per heavy atom. The zero-order valence-electron chi connectivity index (χ0n) is 7.37. The van der Waals surface area contributed by atoms with Crippen LogP contribution in [0.25, 0.3) is 0 Å². The van der Waals surface area contributed by atoms with Gasteiger partial charge in [-0.15, -0.1) is 0 Å². The van der Waals surface area contributed by atoms with Gasteiger partial charge in [-0.25, -0.2) is 0 Å². The Morgan fingerprint density at radius 2 is 2.15 bits per heavy atom. The normalized spacial score (nSPS) is 14.8. The molecule has 0 aromatic heterocycles. The van der Waals surface area contributed by atoms with Gasteiger partial charge in [0.25, 0.3) is 0 Å². The number of amides is 1. The van der Waals surface area contributed by atoms with E-state index in [0.29, 0.717) is 17.6 Å². The average Bonchev–Trinajstić information content (AvgIpc) is 2.37. The van der Waals surface area contributed by atoms with E-state index in [2.05, 4.69) is 0 Å². The number of benzene rings is 1. The molecule has 0 spiro atoms. The first-order valence-electron chi connectivity index (χ1n) is 4.06. The highest BCUT2D eigenvalue weighted by molar-refractivity contribution is 6.39. The Balaban J connectivity index is 2.66. The van der Waals surface area contributed by atoms with Crippen molar-refractivity contribution in [2.45, 2.75) is 13.5 Å². The van der Waals surface area contributed by atoms with Crippen molar-refractivity contribution in [1.29, 1.82) is 0 Å². The second-order valence-corrected chi connectivity index (χ2v) is 3.26. The molecule has 1 amide bonds. The molecule has 1 heterocycles. The van der Waals surface area contributed by atoms with Crippen molar-refractivity contribution in [2.24, 2.45) is 0 Å². The van der Waals surface area contributed by atoms with Crippen molar-refractivity contribution < 1.29 is 4.79 Å². The summed E-state index contributed by atoms with van der Waals surface area (Å²) in [5, 5.41) is 0. The summed E-state index contributed by atoms with van der Waals surface area (Å²) in [6.07, 6.45) is 0. The van der Waals surface area contributed by atoms with Gasteiger partial charge in [0, 0.05) is 12.1 Å². The Morgan fingerprint density at radius 3 is 2.85 bits per heavy atom. The zero-order chi connectivity index (χ0) is 9.59. The smallest absolute Gasteiger partial charge is 0.241 e. The van der Waals surface area contributed by atoms with E-state index in [9.17, 15) is 4.79 Å². The number of hydrogen-bond acceptors (Lipinski definition) is 1. The van der Waals surface area contributed by atoms with Gasteiger partial charge in [-0.3, -0.25) is 4.79 Å². The van der Waals surface area contributed by atoms with Gasteiger partial charge in [0.15, 0.2) is 0 Å². The van der Waals surface area contributed by atoms with Crippen molar-refractivity contribution in [3.05, 3.63) is 28.8 Å². The van der Waals surface area contributed by atoms with Gasteiger partial charge in [0.1, 0.15) is 7.85 Å². The zero-order valence-corrected chi connectivity index (χ0v) is 7.37. The monoisotopic (exact) mass is 167 g/mol. The molecule has 1 aliphatic heterocycles. The molecule has 60 valence electrons. The lowest BCUT2D eigenvalue weighted by molar-refractivity contribution is 0.0881. The van der Waals surface area contributed by atoms with E-state index < -0.39 is 0 Å². The highest BCUT2D eigenvalue weighted by Crippen LogP contribution is 2.19. The molecule has 4 heteroatoms. The van der Waals surface area contributed by atoms with E-state index in [1.165, 1.54) is 4.81 Å². The van der Waals surface area contributed by atoms with Crippen molar-refractivity contribution in [3.63, 3.8) is 0 Å². The first kappa shape index (κ1) is 8.42. The molecule has 0 fully saturated rings. The largest absolute Gasteiger partial charge is 0.389 e. The maximum atomic E-state index is 11.5. The van der Waals surface area contributed by atoms with E-state index in [4.69, 9.17) is 15.8 Å². The summed E-state index contributed by atoms with van der Waals surface area (Å²) < 4.78 is 0. The standard InChI is InChI=1S/C9H7B2NO/c1-5-2-3-6-4-12(11)9(13)7(6)8(5)10/h2-3H,4H2,1H3. The van der Waals surface area contributed by atoms with Gasteiger partial charge in [-0.2, -0.15) is 0 Å². The summed E-state index contributed by atoms with van der Waals surface area (Å²) in [4.78, 5) is 12.7. The van der Waals surface area contributed by atoms with Crippen LogP contribution in [0, 0.1) is 6.92 Å². The summed E-state index contributed by atoms with van der Waals surface area (Å²) in [7, 11) is 11.3. The second kappa shape index (κ2) is 2.66. The maximum Gasteiger partial charge on any atom is 0.241 e. The van der Waals surface area contributed by atoms with Gasteiger partial charge >= 0.3 is 0 Å². The molecule has 0 bridgehead atoms. The minimum Gasteiger partial charge on any atom is -0.389 e. The third-order valence-electron chi connectivity index (χ3n) is 2.37. The van der Waals surface area contributed by atoms with E-state index in [-0.39, 0.29) is 5.91 Å². The summed E-state index contributed by atoms with van der Waals surface area (Å²) >= 11 is 0. The SMILES string of the molecule is [B]c1c(C)ccc2c1C(=O)N([B])C2. The van der Waals surface area contributed by atoms with E-state index in [1.54, 1.807) is 0 Å². The molecular weight excluding hydrogens is 160 g/mol. The van der Waals surface area contributed by atoms with Crippen molar-refractivity contribution in [2.75, 3.05) is 0 Å². The number of aryl methyl sites for hydroxylation is 1. The number of carbonyl (C=O) groups is 1. The van der Waals surface area contributed by atoms with Crippen LogP contribution in [0.15, 0.2) is 12.1 Å². The van der Waals surface area contributed by atoms with Crippen LogP contribution in [-0.2, 0) is 6.54 Å². The molecule has 2 rings (SSSR count). The fourth-order valence-corrected chi connectivity index (χ4v) is 1.55. The van der Waals surface area contributed by atoms with Gasteiger partial charge in [0.05, 0.1) is 0 Å². The summed E-state index contributed by atoms with van der Waals surface area (Å²) in [5.41, 5.74) is 2.95. The third-order valence-corrected chi connectivity index (χ3v) is 2.37. The quantitative estimate of drug-likeness (QED) is 0.491. The van der Waals surface area contributed by atoms with Crippen LogP contribution in [0.4, 0.5) is 0 Å². The minimum absolute atomic E-state index is 0.184. The molecule has 13 heavy (non-hydrogen) atoms. The number of nitrogens with zero attached hydrogens (tertiary/aromatic N) is 1. The van der Waals surface area contributed by atoms with Crippen LogP contribution in [0.1, 0.15) is 21.5 Å². The maximum absolute atomic E-state index is 11.5. The first-order valence-corrected chi connectivity index (χ1v) is 4.06. The fraction of sp³-hybridized carbons (Fsp3) is 0.222.